The number of nitrogens with one attached hydrogen (secondary N) is 1. The molecule has 0 aliphatic carbocycles. The molecule has 2 aromatic rings. The SMILES string of the molecule is Cc1cn[nH]c1-c1cn2c(n1)CC(C(=O)O)C2. The fourth-order valence-corrected chi connectivity index (χ4v) is 2.19. The fourth-order valence-electron chi connectivity index (χ4n) is 2.19. The molecule has 0 saturated carbocycles. The molecule has 0 amide bonds. The lowest BCUT2D eigenvalue weighted by Crippen LogP contribution is -2.14. The van der Waals surface area contributed by atoms with Crippen LogP contribution in [0.5, 0.6) is 0 Å². The average molecular weight is 232 g/mol. The van der Waals surface area contributed by atoms with E-state index in [-0.39, 0.29) is 5.92 Å². The van der Waals surface area contributed by atoms with Crippen LogP contribution in [0, 0.1) is 12.8 Å². The molecule has 1 atom stereocenters. The van der Waals surface area contributed by atoms with E-state index in [2.05, 4.69) is 15.2 Å². The van der Waals surface area contributed by atoms with E-state index in [0.717, 1.165) is 22.8 Å². The third-order valence-corrected chi connectivity index (χ3v) is 3.14. The number of carboxylic acids is 1. The van der Waals surface area contributed by atoms with Crippen molar-refractivity contribution in [2.24, 2.45) is 5.92 Å². The zero-order valence-corrected chi connectivity index (χ0v) is 9.34. The van der Waals surface area contributed by atoms with Crippen molar-refractivity contribution in [3.05, 3.63) is 23.8 Å². The van der Waals surface area contributed by atoms with Crippen molar-refractivity contribution in [3.63, 3.8) is 0 Å². The van der Waals surface area contributed by atoms with Crippen molar-refractivity contribution < 1.29 is 9.90 Å². The van der Waals surface area contributed by atoms with Gasteiger partial charge in [-0.05, 0) is 12.5 Å². The first-order valence-electron chi connectivity index (χ1n) is 5.44. The van der Waals surface area contributed by atoms with Crippen LogP contribution < -0.4 is 0 Å². The molecule has 3 heterocycles. The summed E-state index contributed by atoms with van der Waals surface area (Å²) in [7, 11) is 0. The minimum absolute atomic E-state index is 0.339. The van der Waals surface area contributed by atoms with E-state index in [4.69, 9.17) is 5.11 Å². The molecule has 0 spiro atoms. The molecule has 88 valence electrons. The molecule has 2 N–H and O–H groups in total. The molecule has 1 unspecified atom stereocenters. The van der Waals surface area contributed by atoms with Gasteiger partial charge in [0.15, 0.2) is 0 Å². The summed E-state index contributed by atoms with van der Waals surface area (Å²) in [6.45, 7) is 2.47. The molecule has 3 rings (SSSR count). The lowest BCUT2D eigenvalue weighted by Gasteiger charge is -2.00. The van der Waals surface area contributed by atoms with Crippen LogP contribution in [0.3, 0.4) is 0 Å². The number of rotatable bonds is 2. The average Bonchev–Trinajstić information content (AvgIpc) is 2.88. The molecule has 0 bridgehead atoms. The first kappa shape index (κ1) is 10.1. The van der Waals surface area contributed by atoms with Gasteiger partial charge in [0, 0.05) is 19.2 Å². The van der Waals surface area contributed by atoms with Crippen molar-refractivity contribution >= 4 is 5.97 Å². The molecule has 0 aromatic carbocycles. The predicted molar refractivity (Wildman–Crippen MR) is 59.4 cm³/mol. The summed E-state index contributed by atoms with van der Waals surface area (Å²) >= 11 is 0. The Labute approximate surface area is 97.3 Å². The highest BCUT2D eigenvalue weighted by molar-refractivity contribution is 5.71. The monoisotopic (exact) mass is 232 g/mol. The molecule has 2 aromatic heterocycles. The fraction of sp³-hybridized carbons (Fsp3) is 0.364. The van der Waals surface area contributed by atoms with Crippen LogP contribution in [0.25, 0.3) is 11.4 Å². The lowest BCUT2D eigenvalue weighted by atomic mass is 10.1. The highest BCUT2D eigenvalue weighted by Gasteiger charge is 2.29. The number of imidazole rings is 1. The zero-order valence-electron chi connectivity index (χ0n) is 9.34. The molecule has 6 heteroatoms. The normalized spacial score (nSPS) is 18.3. The molecule has 17 heavy (non-hydrogen) atoms. The lowest BCUT2D eigenvalue weighted by molar-refractivity contribution is -0.141. The first-order chi connectivity index (χ1) is 8.15. The van der Waals surface area contributed by atoms with Gasteiger partial charge < -0.3 is 9.67 Å². The Bertz CT molecular complexity index is 561. The summed E-state index contributed by atoms with van der Waals surface area (Å²) in [5.41, 5.74) is 2.77. The number of aryl methyl sites for hydroxylation is 1. The van der Waals surface area contributed by atoms with Gasteiger partial charge in [-0.1, -0.05) is 0 Å². The summed E-state index contributed by atoms with van der Waals surface area (Å²) in [6.07, 6.45) is 4.14. The van der Waals surface area contributed by atoms with Crippen molar-refractivity contribution in [1.29, 1.82) is 0 Å². The summed E-state index contributed by atoms with van der Waals surface area (Å²) in [6, 6.07) is 0. The quantitative estimate of drug-likeness (QED) is 0.803. The number of aromatic nitrogens is 4. The molecular weight excluding hydrogens is 220 g/mol. The Morgan fingerprint density at radius 2 is 2.47 bits per heavy atom. The maximum absolute atomic E-state index is 10.9. The molecular formula is C11H12N4O2. The van der Waals surface area contributed by atoms with Gasteiger partial charge in [0.25, 0.3) is 0 Å². The number of hydrogen-bond acceptors (Lipinski definition) is 3. The third kappa shape index (κ3) is 1.52. The smallest absolute Gasteiger partial charge is 0.308 e. The first-order valence-corrected chi connectivity index (χ1v) is 5.44. The third-order valence-electron chi connectivity index (χ3n) is 3.14. The number of aliphatic carboxylic acids is 1. The van der Waals surface area contributed by atoms with Crippen LogP contribution in [0.4, 0.5) is 0 Å². The molecule has 0 radical (unpaired) electrons. The summed E-state index contributed by atoms with van der Waals surface area (Å²) in [5.74, 6) is -0.259. The van der Waals surface area contributed by atoms with Gasteiger partial charge >= 0.3 is 5.97 Å². The largest absolute Gasteiger partial charge is 0.481 e. The highest BCUT2D eigenvalue weighted by atomic mass is 16.4. The van der Waals surface area contributed by atoms with Gasteiger partial charge in [-0.25, -0.2) is 4.98 Å². The number of aromatic amines is 1. The maximum atomic E-state index is 10.9. The van der Waals surface area contributed by atoms with Crippen LogP contribution in [0.1, 0.15) is 11.4 Å². The minimum atomic E-state index is -0.755. The van der Waals surface area contributed by atoms with Gasteiger partial charge in [0.2, 0.25) is 0 Å². The summed E-state index contributed by atoms with van der Waals surface area (Å²) < 4.78 is 1.91. The van der Waals surface area contributed by atoms with E-state index in [9.17, 15) is 4.79 Å². The van der Waals surface area contributed by atoms with Crippen LogP contribution in [0.2, 0.25) is 0 Å². The van der Waals surface area contributed by atoms with Crippen molar-refractivity contribution in [2.75, 3.05) is 0 Å². The number of nitrogens with zero attached hydrogens (tertiary/aromatic N) is 3. The maximum Gasteiger partial charge on any atom is 0.308 e. The molecule has 0 fully saturated rings. The number of H-pyrrole nitrogens is 1. The number of fused-ring (bicyclic) bond motifs is 1. The van der Waals surface area contributed by atoms with Crippen LogP contribution in [-0.2, 0) is 17.8 Å². The second kappa shape index (κ2) is 3.44. The molecule has 1 aliphatic heterocycles. The van der Waals surface area contributed by atoms with E-state index in [0.29, 0.717) is 13.0 Å². The topological polar surface area (TPSA) is 83.8 Å². The van der Waals surface area contributed by atoms with E-state index in [1.807, 2.05) is 17.7 Å². The second-order valence-electron chi connectivity index (χ2n) is 4.36. The van der Waals surface area contributed by atoms with Crippen LogP contribution in [0.15, 0.2) is 12.4 Å². The van der Waals surface area contributed by atoms with Gasteiger partial charge in [-0.2, -0.15) is 5.10 Å². The summed E-state index contributed by atoms with van der Waals surface area (Å²) in [5, 5.41) is 15.8. The Balaban J connectivity index is 1.93. The van der Waals surface area contributed by atoms with Gasteiger partial charge in [0.1, 0.15) is 11.5 Å². The highest BCUT2D eigenvalue weighted by Crippen LogP contribution is 2.26. The van der Waals surface area contributed by atoms with Gasteiger partial charge in [-0.15, -0.1) is 0 Å². The Morgan fingerprint density at radius 3 is 3.06 bits per heavy atom. The zero-order chi connectivity index (χ0) is 12.0. The number of hydrogen-bond donors (Lipinski definition) is 2. The Kier molecular flexibility index (Phi) is 2.04. The number of carbonyl (C=O) groups is 1. The summed E-state index contributed by atoms with van der Waals surface area (Å²) in [4.78, 5) is 15.3. The van der Waals surface area contributed by atoms with Crippen LogP contribution in [-0.4, -0.2) is 30.8 Å². The van der Waals surface area contributed by atoms with Gasteiger partial charge in [0.05, 0.1) is 17.8 Å². The predicted octanol–water partition coefficient (Wildman–Crippen LogP) is 0.839. The van der Waals surface area contributed by atoms with Crippen molar-refractivity contribution in [2.45, 2.75) is 19.9 Å². The van der Waals surface area contributed by atoms with E-state index in [1.165, 1.54) is 0 Å². The second-order valence-corrected chi connectivity index (χ2v) is 4.36. The molecule has 0 saturated heterocycles. The van der Waals surface area contributed by atoms with E-state index >= 15 is 0 Å². The minimum Gasteiger partial charge on any atom is -0.481 e. The number of carboxylic acid groups (broad SMARTS) is 1. The van der Waals surface area contributed by atoms with Crippen molar-refractivity contribution in [1.82, 2.24) is 19.7 Å². The standard InChI is InChI=1S/C11H12N4O2/c1-6-3-12-14-10(6)8-5-15-4-7(11(16)17)2-9(15)13-8/h3,5,7H,2,4H2,1H3,(H,12,14)(H,16,17). The Hall–Kier alpha value is -2.11. The molecule has 1 aliphatic rings. The Morgan fingerprint density at radius 1 is 1.65 bits per heavy atom. The van der Waals surface area contributed by atoms with E-state index in [1.54, 1.807) is 6.20 Å². The van der Waals surface area contributed by atoms with Crippen LogP contribution >= 0.6 is 0 Å². The molecule has 6 nitrogen and oxygen atoms in total. The van der Waals surface area contributed by atoms with Gasteiger partial charge in [-0.3, -0.25) is 9.89 Å². The van der Waals surface area contributed by atoms with E-state index < -0.39 is 5.97 Å². The van der Waals surface area contributed by atoms with Crippen molar-refractivity contribution in [3.8, 4) is 11.4 Å².